The maximum absolute atomic E-state index is 10.5. The van der Waals surface area contributed by atoms with E-state index in [0.29, 0.717) is 5.84 Å². The molecule has 0 radical (unpaired) electrons. The third-order valence-corrected chi connectivity index (χ3v) is 2.77. The summed E-state index contributed by atoms with van der Waals surface area (Å²) in [6, 6.07) is 11.8. The summed E-state index contributed by atoms with van der Waals surface area (Å²) in [5.74, 6) is -0.458. The number of carboxylic acids is 1. The number of hydrogen-bond donors (Lipinski definition) is 2. The molecule has 1 aliphatic rings. The number of amidine groups is 1. The highest BCUT2D eigenvalue weighted by Gasteiger charge is 2.12. The van der Waals surface area contributed by atoms with Crippen molar-refractivity contribution in [1.82, 2.24) is 0 Å². The molecule has 0 unspecified atom stereocenters. The fraction of sp³-hybridized carbons (Fsp3) is 0. The van der Waals surface area contributed by atoms with Gasteiger partial charge in [0.05, 0.1) is 5.69 Å². The fourth-order valence-corrected chi connectivity index (χ4v) is 2.04. The van der Waals surface area contributed by atoms with Gasteiger partial charge < -0.3 is 10.4 Å². The minimum Gasteiger partial charge on any atom is -0.478 e. The molecule has 0 fully saturated rings. The molecule has 2 N–H and O–H groups in total. The number of aliphatic carboxylic acids is 1. The van der Waals surface area contributed by atoms with Crippen LogP contribution in [0, 0.1) is 0 Å². The molecule has 0 spiro atoms. The normalized spacial score (nSPS) is 13.4. The van der Waals surface area contributed by atoms with Gasteiger partial charge in [0.2, 0.25) is 0 Å². The highest BCUT2D eigenvalue weighted by Crippen LogP contribution is 2.35. The maximum atomic E-state index is 10.5. The van der Waals surface area contributed by atoms with E-state index in [0.717, 1.165) is 28.2 Å². The van der Waals surface area contributed by atoms with Crippen LogP contribution in [0.25, 0.3) is 10.8 Å². The van der Waals surface area contributed by atoms with Crippen LogP contribution in [0.1, 0.15) is 0 Å². The molecule has 88 valence electrons. The standard InChI is InChI=1S/C14H10N2O2/c17-13(18)8-7-12-15-10-5-1-3-9-4-2-6-11(16-12)14(9)10/h1-8H,(H,15,16)(H,17,18). The number of hydrogen-bond acceptors (Lipinski definition) is 3. The van der Waals surface area contributed by atoms with E-state index >= 15 is 0 Å². The van der Waals surface area contributed by atoms with Crippen molar-refractivity contribution in [1.29, 1.82) is 0 Å². The van der Waals surface area contributed by atoms with Crippen molar-refractivity contribution < 1.29 is 9.90 Å². The van der Waals surface area contributed by atoms with Gasteiger partial charge in [0.1, 0.15) is 5.84 Å². The van der Waals surface area contributed by atoms with E-state index in [1.54, 1.807) is 0 Å². The van der Waals surface area contributed by atoms with E-state index in [-0.39, 0.29) is 0 Å². The molecular formula is C14H10N2O2. The van der Waals surface area contributed by atoms with Crippen molar-refractivity contribution in [2.24, 2.45) is 4.99 Å². The number of anilines is 1. The average molecular weight is 238 g/mol. The lowest BCUT2D eigenvalue weighted by atomic mass is 10.1. The van der Waals surface area contributed by atoms with E-state index in [4.69, 9.17) is 5.11 Å². The van der Waals surface area contributed by atoms with Gasteiger partial charge in [-0.25, -0.2) is 9.79 Å². The van der Waals surface area contributed by atoms with Crippen molar-refractivity contribution in [3.63, 3.8) is 0 Å². The van der Waals surface area contributed by atoms with E-state index in [1.165, 1.54) is 6.08 Å². The first-order valence-electron chi connectivity index (χ1n) is 5.52. The summed E-state index contributed by atoms with van der Waals surface area (Å²) in [6.45, 7) is 0. The Balaban J connectivity index is 2.14. The third kappa shape index (κ3) is 1.73. The number of benzene rings is 2. The Morgan fingerprint density at radius 2 is 2.00 bits per heavy atom. The van der Waals surface area contributed by atoms with Crippen LogP contribution in [0.4, 0.5) is 11.4 Å². The Kier molecular flexibility index (Phi) is 2.34. The van der Waals surface area contributed by atoms with Crippen molar-refractivity contribution >= 4 is 34.0 Å². The molecule has 18 heavy (non-hydrogen) atoms. The van der Waals surface area contributed by atoms with Gasteiger partial charge in [-0.15, -0.1) is 0 Å². The van der Waals surface area contributed by atoms with E-state index in [2.05, 4.69) is 10.3 Å². The molecular weight excluding hydrogens is 228 g/mol. The summed E-state index contributed by atoms with van der Waals surface area (Å²) in [6.07, 6.45) is 2.52. The van der Waals surface area contributed by atoms with Crippen LogP contribution in [-0.4, -0.2) is 16.9 Å². The second kappa shape index (κ2) is 4.00. The topological polar surface area (TPSA) is 61.7 Å². The Labute approximate surface area is 103 Å². The molecule has 4 heteroatoms. The lowest BCUT2D eigenvalue weighted by Crippen LogP contribution is -2.12. The van der Waals surface area contributed by atoms with Crippen molar-refractivity contribution in [2.45, 2.75) is 0 Å². The molecule has 2 aromatic carbocycles. The van der Waals surface area contributed by atoms with Gasteiger partial charge in [0, 0.05) is 17.1 Å². The second-order valence-electron chi connectivity index (χ2n) is 3.97. The first-order valence-corrected chi connectivity index (χ1v) is 5.52. The van der Waals surface area contributed by atoms with Crippen LogP contribution in [0.2, 0.25) is 0 Å². The number of carboxylic acid groups (broad SMARTS) is 1. The smallest absolute Gasteiger partial charge is 0.328 e. The van der Waals surface area contributed by atoms with Crippen molar-refractivity contribution in [3.05, 3.63) is 48.6 Å². The minimum absolute atomic E-state index is 0.531. The zero-order chi connectivity index (χ0) is 12.5. The molecule has 2 aromatic rings. The zero-order valence-electron chi connectivity index (χ0n) is 9.42. The SMILES string of the molecule is O=C(O)C=CC1=Nc2cccc3cccc(c23)N1. The summed E-state index contributed by atoms with van der Waals surface area (Å²) in [5.41, 5.74) is 1.80. The van der Waals surface area contributed by atoms with Gasteiger partial charge in [0.15, 0.2) is 0 Å². The summed E-state index contributed by atoms with van der Waals surface area (Å²) in [4.78, 5) is 14.9. The Bertz CT molecular complexity index is 697. The van der Waals surface area contributed by atoms with Gasteiger partial charge >= 0.3 is 5.97 Å². The molecule has 0 amide bonds. The van der Waals surface area contributed by atoms with Crippen LogP contribution >= 0.6 is 0 Å². The summed E-state index contributed by atoms with van der Waals surface area (Å²) in [7, 11) is 0. The summed E-state index contributed by atoms with van der Waals surface area (Å²) < 4.78 is 0. The van der Waals surface area contributed by atoms with E-state index in [1.807, 2.05) is 36.4 Å². The van der Waals surface area contributed by atoms with Gasteiger partial charge in [-0.05, 0) is 23.6 Å². The zero-order valence-corrected chi connectivity index (χ0v) is 9.42. The van der Waals surface area contributed by atoms with Gasteiger partial charge in [-0.3, -0.25) is 0 Å². The van der Waals surface area contributed by atoms with Crippen molar-refractivity contribution in [3.8, 4) is 0 Å². The molecule has 0 atom stereocenters. The largest absolute Gasteiger partial charge is 0.478 e. The van der Waals surface area contributed by atoms with Crippen molar-refractivity contribution in [2.75, 3.05) is 5.32 Å². The van der Waals surface area contributed by atoms with Crippen LogP contribution in [0.5, 0.6) is 0 Å². The predicted octanol–water partition coefficient (Wildman–Crippen LogP) is 2.94. The van der Waals surface area contributed by atoms with Crippen LogP contribution in [0.15, 0.2) is 53.5 Å². The van der Waals surface area contributed by atoms with Gasteiger partial charge in [0.25, 0.3) is 0 Å². The second-order valence-corrected chi connectivity index (χ2v) is 3.97. The molecule has 1 aliphatic heterocycles. The first kappa shape index (κ1) is 10.5. The predicted molar refractivity (Wildman–Crippen MR) is 71.4 cm³/mol. The summed E-state index contributed by atoms with van der Waals surface area (Å²) >= 11 is 0. The van der Waals surface area contributed by atoms with Crippen LogP contribution in [-0.2, 0) is 4.79 Å². The Hall–Kier alpha value is -2.62. The number of nitrogens with zero attached hydrogens (tertiary/aromatic N) is 1. The van der Waals surface area contributed by atoms with Crippen LogP contribution in [0.3, 0.4) is 0 Å². The van der Waals surface area contributed by atoms with Gasteiger partial charge in [-0.2, -0.15) is 0 Å². The van der Waals surface area contributed by atoms with Gasteiger partial charge in [-0.1, -0.05) is 24.3 Å². The van der Waals surface area contributed by atoms with E-state index in [9.17, 15) is 4.79 Å². The summed E-state index contributed by atoms with van der Waals surface area (Å²) in [5, 5.41) is 13.9. The van der Waals surface area contributed by atoms with E-state index < -0.39 is 5.97 Å². The Morgan fingerprint density at radius 3 is 2.78 bits per heavy atom. The molecule has 4 nitrogen and oxygen atoms in total. The molecule has 1 heterocycles. The Morgan fingerprint density at radius 1 is 1.22 bits per heavy atom. The number of nitrogens with one attached hydrogen (secondary N) is 1. The highest BCUT2D eigenvalue weighted by atomic mass is 16.4. The number of rotatable bonds is 2. The third-order valence-electron chi connectivity index (χ3n) is 2.77. The maximum Gasteiger partial charge on any atom is 0.328 e. The molecule has 0 bridgehead atoms. The number of carbonyl (C=O) groups is 1. The minimum atomic E-state index is -0.989. The molecule has 0 saturated heterocycles. The molecule has 0 saturated carbocycles. The molecule has 3 rings (SSSR count). The monoisotopic (exact) mass is 238 g/mol. The quantitative estimate of drug-likeness (QED) is 0.791. The molecule has 0 aromatic heterocycles. The molecule has 0 aliphatic carbocycles. The van der Waals surface area contributed by atoms with Crippen LogP contribution < -0.4 is 5.32 Å². The lowest BCUT2D eigenvalue weighted by molar-refractivity contribution is -0.131. The highest BCUT2D eigenvalue weighted by molar-refractivity contribution is 6.17. The average Bonchev–Trinajstić information content (AvgIpc) is 2.37. The first-order chi connectivity index (χ1) is 8.74. The lowest BCUT2D eigenvalue weighted by Gasteiger charge is -2.16. The fourth-order valence-electron chi connectivity index (χ4n) is 2.04. The number of aliphatic imine (C=N–C) groups is 1.